The molecule has 0 unspecified atom stereocenters. The fraction of sp³-hybridized carbons (Fsp3) is 0.100. The van der Waals surface area contributed by atoms with Crippen molar-refractivity contribution in [3.05, 3.63) is 96.7 Å². The molecule has 0 aliphatic heterocycles. The summed E-state index contributed by atoms with van der Waals surface area (Å²) in [5, 5.41) is 13.9. The topological polar surface area (TPSA) is 64.4 Å². The Kier molecular flexibility index (Phi) is 6.64. The van der Waals surface area contributed by atoms with Gasteiger partial charge in [0.25, 0.3) is 5.69 Å². The molecule has 3 aromatic rings. The van der Waals surface area contributed by atoms with Crippen molar-refractivity contribution in [2.45, 2.75) is 13.2 Å². The third-order valence-electron chi connectivity index (χ3n) is 3.96. The number of anilines is 1. The lowest BCUT2D eigenvalue weighted by Crippen LogP contribution is -2.02. The Hall–Kier alpha value is -2.45. The predicted octanol–water partition coefficient (Wildman–Crippen LogP) is 6.45. The predicted molar refractivity (Wildman–Crippen MR) is 113 cm³/mol. The van der Waals surface area contributed by atoms with Crippen LogP contribution in [0.1, 0.15) is 11.1 Å². The molecule has 0 saturated carbocycles. The molecule has 0 bridgehead atoms. The van der Waals surface area contributed by atoms with E-state index in [9.17, 15) is 14.5 Å². The third kappa shape index (κ3) is 5.08. The standard InChI is InChI=1S/C20H15Br2FN2O3/c21-17-9-13(11-24-15-5-7-16(8-6-15)25(26)27)10-18(22)20(17)28-12-14-3-1-2-4-19(14)23/h1-10,24H,11-12H2. The molecule has 0 heterocycles. The molecule has 28 heavy (non-hydrogen) atoms. The second kappa shape index (κ2) is 9.16. The van der Waals surface area contributed by atoms with Crippen LogP contribution >= 0.6 is 31.9 Å². The highest BCUT2D eigenvalue weighted by Gasteiger charge is 2.11. The Labute approximate surface area is 177 Å². The van der Waals surface area contributed by atoms with Gasteiger partial charge in [0.1, 0.15) is 18.2 Å². The summed E-state index contributed by atoms with van der Waals surface area (Å²) in [7, 11) is 0. The van der Waals surface area contributed by atoms with E-state index in [0.29, 0.717) is 17.9 Å². The van der Waals surface area contributed by atoms with Crippen LogP contribution in [0.15, 0.2) is 69.6 Å². The van der Waals surface area contributed by atoms with Crippen molar-refractivity contribution < 1.29 is 14.1 Å². The number of hydrogen-bond acceptors (Lipinski definition) is 4. The van der Waals surface area contributed by atoms with E-state index < -0.39 is 4.92 Å². The summed E-state index contributed by atoms with van der Waals surface area (Å²) in [6, 6.07) is 16.5. The molecule has 0 saturated heterocycles. The average molecular weight is 510 g/mol. The Morgan fingerprint density at radius 3 is 2.29 bits per heavy atom. The molecule has 0 aliphatic carbocycles. The molecule has 8 heteroatoms. The molecule has 1 N–H and O–H groups in total. The minimum atomic E-state index is -0.432. The van der Waals surface area contributed by atoms with E-state index in [0.717, 1.165) is 20.2 Å². The van der Waals surface area contributed by atoms with E-state index in [1.54, 1.807) is 30.3 Å². The summed E-state index contributed by atoms with van der Waals surface area (Å²) in [6.45, 7) is 0.632. The number of halogens is 3. The Morgan fingerprint density at radius 1 is 1.04 bits per heavy atom. The first-order valence-electron chi connectivity index (χ1n) is 8.26. The highest BCUT2D eigenvalue weighted by atomic mass is 79.9. The van der Waals surface area contributed by atoms with Gasteiger partial charge in [0.2, 0.25) is 0 Å². The van der Waals surface area contributed by atoms with Crippen LogP contribution in [-0.2, 0) is 13.2 Å². The monoisotopic (exact) mass is 508 g/mol. The quantitative estimate of drug-likeness (QED) is 0.293. The van der Waals surface area contributed by atoms with Crippen molar-refractivity contribution in [2.75, 3.05) is 5.32 Å². The molecule has 0 spiro atoms. The maximum Gasteiger partial charge on any atom is 0.269 e. The van der Waals surface area contributed by atoms with Gasteiger partial charge in [0, 0.05) is 29.9 Å². The lowest BCUT2D eigenvalue weighted by molar-refractivity contribution is -0.384. The molecule has 0 aliphatic rings. The van der Waals surface area contributed by atoms with Crippen molar-refractivity contribution in [1.82, 2.24) is 0 Å². The van der Waals surface area contributed by atoms with Crippen LogP contribution in [0.25, 0.3) is 0 Å². The summed E-state index contributed by atoms with van der Waals surface area (Å²) < 4.78 is 21.0. The fourth-order valence-corrected chi connectivity index (χ4v) is 4.03. The van der Waals surface area contributed by atoms with Gasteiger partial charge < -0.3 is 10.1 Å². The molecular weight excluding hydrogens is 495 g/mol. The van der Waals surface area contributed by atoms with Gasteiger partial charge in [0.05, 0.1) is 13.9 Å². The second-order valence-electron chi connectivity index (χ2n) is 5.93. The molecule has 144 valence electrons. The molecule has 3 rings (SSSR count). The Bertz CT molecular complexity index is 974. The highest BCUT2D eigenvalue weighted by molar-refractivity contribution is 9.11. The maximum absolute atomic E-state index is 13.7. The molecule has 0 radical (unpaired) electrons. The maximum atomic E-state index is 13.7. The van der Waals surface area contributed by atoms with Gasteiger partial charge >= 0.3 is 0 Å². The van der Waals surface area contributed by atoms with Gasteiger partial charge in [-0.2, -0.15) is 0 Å². The van der Waals surface area contributed by atoms with Gasteiger partial charge in [-0.3, -0.25) is 10.1 Å². The number of nitro benzene ring substituents is 1. The highest BCUT2D eigenvalue weighted by Crippen LogP contribution is 2.35. The normalized spacial score (nSPS) is 10.5. The number of benzene rings is 3. The smallest absolute Gasteiger partial charge is 0.269 e. The van der Waals surface area contributed by atoms with E-state index in [1.807, 2.05) is 12.1 Å². The lowest BCUT2D eigenvalue weighted by atomic mass is 10.2. The van der Waals surface area contributed by atoms with Gasteiger partial charge in [-0.05, 0) is 67.8 Å². The Morgan fingerprint density at radius 2 is 1.68 bits per heavy atom. The zero-order chi connectivity index (χ0) is 20.1. The molecular formula is C20H15Br2FN2O3. The number of rotatable bonds is 7. The minimum absolute atomic E-state index is 0.0485. The zero-order valence-corrected chi connectivity index (χ0v) is 17.7. The summed E-state index contributed by atoms with van der Waals surface area (Å²) in [5.74, 6) is 0.279. The first-order valence-corrected chi connectivity index (χ1v) is 9.85. The number of hydrogen-bond donors (Lipinski definition) is 1. The number of non-ortho nitro benzene ring substituents is 1. The van der Waals surface area contributed by atoms with Crippen LogP contribution in [0.2, 0.25) is 0 Å². The fourth-order valence-electron chi connectivity index (χ4n) is 2.52. The van der Waals surface area contributed by atoms with Crippen LogP contribution < -0.4 is 10.1 Å². The van der Waals surface area contributed by atoms with Crippen molar-refractivity contribution in [3.63, 3.8) is 0 Å². The van der Waals surface area contributed by atoms with Crippen molar-refractivity contribution in [2.24, 2.45) is 0 Å². The van der Waals surface area contributed by atoms with Crippen LogP contribution in [0, 0.1) is 15.9 Å². The summed E-state index contributed by atoms with van der Waals surface area (Å²) in [6.07, 6.45) is 0. The van der Waals surface area contributed by atoms with Crippen LogP contribution in [0.3, 0.4) is 0 Å². The van der Waals surface area contributed by atoms with Crippen LogP contribution in [-0.4, -0.2) is 4.92 Å². The summed E-state index contributed by atoms with van der Waals surface area (Å²) in [4.78, 5) is 10.3. The van der Waals surface area contributed by atoms with E-state index >= 15 is 0 Å². The van der Waals surface area contributed by atoms with E-state index in [1.165, 1.54) is 18.2 Å². The van der Waals surface area contributed by atoms with Crippen molar-refractivity contribution in [3.8, 4) is 5.75 Å². The lowest BCUT2D eigenvalue weighted by Gasteiger charge is -2.13. The molecule has 0 aromatic heterocycles. The largest absolute Gasteiger partial charge is 0.486 e. The van der Waals surface area contributed by atoms with E-state index in [-0.39, 0.29) is 18.1 Å². The van der Waals surface area contributed by atoms with Crippen LogP contribution in [0.4, 0.5) is 15.8 Å². The molecule has 0 atom stereocenters. The number of ether oxygens (including phenoxy) is 1. The molecule has 3 aromatic carbocycles. The first-order chi connectivity index (χ1) is 13.4. The van der Waals surface area contributed by atoms with E-state index in [4.69, 9.17) is 4.74 Å². The third-order valence-corrected chi connectivity index (χ3v) is 5.14. The summed E-state index contributed by atoms with van der Waals surface area (Å²) >= 11 is 6.98. The average Bonchev–Trinajstić information content (AvgIpc) is 2.67. The van der Waals surface area contributed by atoms with Gasteiger partial charge in [0.15, 0.2) is 0 Å². The van der Waals surface area contributed by atoms with Crippen LogP contribution in [0.5, 0.6) is 5.75 Å². The number of nitrogens with one attached hydrogen (secondary N) is 1. The SMILES string of the molecule is O=[N+]([O-])c1ccc(NCc2cc(Br)c(OCc3ccccc3F)c(Br)c2)cc1. The van der Waals surface area contributed by atoms with Crippen molar-refractivity contribution in [1.29, 1.82) is 0 Å². The first kappa shape index (κ1) is 20.3. The van der Waals surface area contributed by atoms with Gasteiger partial charge in [-0.1, -0.05) is 18.2 Å². The number of nitrogens with zero attached hydrogens (tertiary/aromatic N) is 1. The zero-order valence-electron chi connectivity index (χ0n) is 14.5. The number of nitro groups is 1. The summed E-state index contributed by atoms with van der Waals surface area (Å²) in [5.41, 5.74) is 2.27. The molecule has 0 fully saturated rings. The van der Waals surface area contributed by atoms with Crippen molar-refractivity contribution >= 4 is 43.2 Å². The van der Waals surface area contributed by atoms with Gasteiger partial charge in [-0.25, -0.2) is 4.39 Å². The van der Waals surface area contributed by atoms with E-state index in [2.05, 4.69) is 37.2 Å². The minimum Gasteiger partial charge on any atom is -0.486 e. The Balaban J connectivity index is 1.66. The second-order valence-corrected chi connectivity index (χ2v) is 7.63. The van der Waals surface area contributed by atoms with Gasteiger partial charge in [-0.15, -0.1) is 0 Å². The molecule has 5 nitrogen and oxygen atoms in total. The molecule has 0 amide bonds.